The Kier molecular flexibility index (Phi) is 6.97. The summed E-state index contributed by atoms with van der Waals surface area (Å²) >= 11 is 0. The molecule has 0 spiro atoms. The first-order chi connectivity index (χ1) is 16.8. The number of nitrogens with zero attached hydrogens (tertiary/aromatic N) is 3. The maximum atomic E-state index is 13.2. The molecule has 4 aromatic rings. The zero-order chi connectivity index (χ0) is 25.0. The Labute approximate surface area is 203 Å². The highest BCUT2D eigenvalue weighted by Crippen LogP contribution is 2.24. The van der Waals surface area contributed by atoms with Gasteiger partial charge in [-0.2, -0.15) is 5.10 Å². The summed E-state index contributed by atoms with van der Waals surface area (Å²) in [5.41, 5.74) is 0.676. The van der Waals surface area contributed by atoms with Crippen LogP contribution in [0.25, 0.3) is 10.8 Å². The fourth-order valence-electron chi connectivity index (χ4n) is 3.72. The SMILES string of the molecule is CCCCn1nc(C(=O)Nc2cccc(S(=O)(=O)N(C)c3ccccc3)c2)c2ccccc2c1=O. The molecule has 0 aliphatic carbocycles. The molecule has 0 radical (unpaired) electrons. The summed E-state index contributed by atoms with van der Waals surface area (Å²) < 4.78 is 28.8. The minimum Gasteiger partial charge on any atom is -0.321 e. The number of anilines is 2. The molecule has 0 aliphatic rings. The first-order valence-corrected chi connectivity index (χ1v) is 12.7. The second kappa shape index (κ2) is 10.1. The van der Waals surface area contributed by atoms with Crippen LogP contribution in [0.2, 0.25) is 0 Å². The maximum absolute atomic E-state index is 13.2. The molecular formula is C26H26N4O4S. The fourth-order valence-corrected chi connectivity index (χ4v) is 4.96. The van der Waals surface area contributed by atoms with Crippen LogP contribution in [0.4, 0.5) is 11.4 Å². The van der Waals surface area contributed by atoms with Gasteiger partial charge in [0.1, 0.15) is 0 Å². The molecule has 3 aromatic carbocycles. The molecule has 4 rings (SSSR count). The highest BCUT2D eigenvalue weighted by atomic mass is 32.2. The van der Waals surface area contributed by atoms with Crippen LogP contribution in [0.5, 0.6) is 0 Å². The summed E-state index contributed by atoms with van der Waals surface area (Å²) in [6.45, 7) is 2.41. The zero-order valence-corrected chi connectivity index (χ0v) is 20.3. The summed E-state index contributed by atoms with van der Waals surface area (Å²) in [4.78, 5) is 26.1. The topological polar surface area (TPSA) is 101 Å². The van der Waals surface area contributed by atoms with Gasteiger partial charge in [-0.3, -0.25) is 13.9 Å². The largest absolute Gasteiger partial charge is 0.321 e. The van der Waals surface area contributed by atoms with Gasteiger partial charge in [-0.25, -0.2) is 13.1 Å². The summed E-state index contributed by atoms with van der Waals surface area (Å²) in [7, 11) is -2.37. The molecule has 1 amide bonds. The predicted octanol–water partition coefficient (Wildman–Crippen LogP) is 4.27. The van der Waals surface area contributed by atoms with Crippen LogP contribution in [-0.4, -0.2) is 31.2 Å². The molecule has 0 fully saturated rings. The number of carbonyl (C=O) groups is 1. The number of fused-ring (bicyclic) bond motifs is 1. The van der Waals surface area contributed by atoms with Crippen LogP contribution >= 0.6 is 0 Å². The van der Waals surface area contributed by atoms with Crippen molar-refractivity contribution in [3.05, 3.63) is 94.9 Å². The Balaban J connectivity index is 1.67. The van der Waals surface area contributed by atoms with Gasteiger partial charge in [0.15, 0.2) is 5.69 Å². The zero-order valence-electron chi connectivity index (χ0n) is 19.5. The number of benzene rings is 3. The monoisotopic (exact) mass is 490 g/mol. The average molecular weight is 491 g/mol. The minimum absolute atomic E-state index is 0.0346. The van der Waals surface area contributed by atoms with Crippen molar-refractivity contribution in [2.24, 2.45) is 0 Å². The lowest BCUT2D eigenvalue weighted by molar-refractivity contribution is 0.102. The molecule has 0 saturated heterocycles. The first kappa shape index (κ1) is 24.2. The lowest BCUT2D eigenvalue weighted by Crippen LogP contribution is -2.28. The predicted molar refractivity (Wildman–Crippen MR) is 137 cm³/mol. The van der Waals surface area contributed by atoms with Crippen LogP contribution in [0, 0.1) is 0 Å². The number of para-hydroxylation sites is 1. The van der Waals surface area contributed by atoms with Gasteiger partial charge in [-0.05, 0) is 42.8 Å². The van der Waals surface area contributed by atoms with E-state index in [1.165, 1.54) is 28.2 Å². The van der Waals surface area contributed by atoms with Crippen molar-refractivity contribution in [2.75, 3.05) is 16.7 Å². The number of carbonyl (C=O) groups excluding carboxylic acids is 1. The molecule has 0 bridgehead atoms. The van der Waals surface area contributed by atoms with Gasteiger partial charge < -0.3 is 5.32 Å². The molecule has 0 atom stereocenters. The van der Waals surface area contributed by atoms with E-state index in [2.05, 4.69) is 10.4 Å². The number of nitrogens with one attached hydrogen (secondary N) is 1. The number of aryl methyl sites for hydroxylation is 1. The Morgan fingerprint density at radius 2 is 1.66 bits per heavy atom. The number of aromatic nitrogens is 2. The molecule has 1 aromatic heterocycles. The van der Waals surface area contributed by atoms with Crippen molar-refractivity contribution in [3.8, 4) is 0 Å². The van der Waals surface area contributed by atoms with Gasteiger partial charge in [-0.1, -0.05) is 55.8 Å². The molecule has 180 valence electrons. The minimum atomic E-state index is -3.85. The fraction of sp³-hybridized carbons (Fsp3) is 0.192. The van der Waals surface area contributed by atoms with E-state index in [1.807, 2.05) is 13.0 Å². The van der Waals surface area contributed by atoms with Crippen molar-refractivity contribution < 1.29 is 13.2 Å². The number of unbranched alkanes of at least 4 members (excludes halogenated alkanes) is 1. The molecule has 0 unspecified atom stereocenters. The number of amides is 1. The van der Waals surface area contributed by atoms with E-state index in [-0.39, 0.29) is 16.1 Å². The van der Waals surface area contributed by atoms with Crippen molar-refractivity contribution in [1.82, 2.24) is 9.78 Å². The van der Waals surface area contributed by atoms with E-state index >= 15 is 0 Å². The van der Waals surface area contributed by atoms with Crippen LogP contribution in [0.1, 0.15) is 30.3 Å². The Morgan fingerprint density at radius 1 is 0.971 bits per heavy atom. The van der Waals surface area contributed by atoms with Crippen molar-refractivity contribution >= 4 is 38.1 Å². The number of hydrogen-bond donors (Lipinski definition) is 1. The van der Waals surface area contributed by atoms with Gasteiger partial charge in [0, 0.05) is 24.7 Å². The quantitative estimate of drug-likeness (QED) is 0.397. The van der Waals surface area contributed by atoms with Crippen LogP contribution < -0.4 is 15.2 Å². The van der Waals surface area contributed by atoms with Crippen molar-refractivity contribution in [2.45, 2.75) is 31.2 Å². The highest BCUT2D eigenvalue weighted by Gasteiger charge is 2.22. The van der Waals surface area contributed by atoms with Gasteiger partial charge >= 0.3 is 0 Å². The second-order valence-corrected chi connectivity index (χ2v) is 10.0. The van der Waals surface area contributed by atoms with E-state index in [9.17, 15) is 18.0 Å². The number of hydrogen-bond acceptors (Lipinski definition) is 5. The molecule has 0 saturated carbocycles. The van der Waals surface area contributed by atoms with Crippen molar-refractivity contribution in [1.29, 1.82) is 0 Å². The molecule has 1 N–H and O–H groups in total. The molecule has 0 aliphatic heterocycles. The second-order valence-electron chi connectivity index (χ2n) is 8.07. The third-order valence-corrected chi connectivity index (χ3v) is 7.46. The average Bonchev–Trinajstić information content (AvgIpc) is 2.88. The summed E-state index contributed by atoms with van der Waals surface area (Å²) in [6, 6.07) is 21.6. The summed E-state index contributed by atoms with van der Waals surface area (Å²) in [5, 5.41) is 7.93. The summed E-state index contributed by atoms with van der Waals surface area (Å²) in [6.07, 6.45) is 1.63. The third kappa shape index (κ3) is 4.95. The van der Waals surface area contributed by atoms with Crippen molar-refractivity contribution in [3.63, 3.8) is 0 Å². The van der Waals surface area contributed by atoms with Crippen LogP contribution in [0.15, 0.2) is 88.6 Å². The van der Waals surface area contributed by atoms with Crippen LogP contribution in [-0.2, 0) is 16.6 Å². The Morgan fingerprint density at radius 3 is 2.37 bits per heavy atom. The van der Waals surface area contributed by atoms with E-state index in [0.29, 0.717) is 28.7 Å². The standard InChI is InChI=1S/C26H26N4O4S/c1-3-4-17-30-26(32)23-16-9-8-15-22(23)24(28-30)25(31)27-19-11-10-14-21(18-19)35(33,34)29(2)20-12-6-5-7-13-20/h5-16,18H,3-4,17H2,1-2H3,(H,27,31). The lowest BCUT2D eigenvalue weighted by Gasteiger charge is -2.20. The van der Waals surface area contributed by atoms with Crippen LogP contribution in [0.3, 0.4) is 0 Å². The highest BCUT2D eigenvalue weighted by molar-refractivity contribution is 7.92. The molecule has 1 heterocycles. The van der Waals surface area contributed by atoms with E-state index in [4.69, 9.17) is 0 Å². The van der Waals surface area contributed by atoms with Gasteiger partial charge in [0.05, 0.1) is 16.0 Å². The van der Waals surface area contributed by atoms with E-state index in [1.54, 1.807) is 60.7 Å². The summed E-state index contributed by atoms with van der Waals surface area (Å²) in [5.74, 6) is -0.530. The molecule has 8 nitrogen and oxygen atoms in total. The third-order valence-electron chi connectivity index (χ3n) is 5.68. The van der Waals surface area contributed by atoms with Gasteiger partial charge in [0.25, 0.3) is 21.5 Å². The Bertz CT molecular complexity index is 1530. The van der Waals surface area contributed by atoms with E-state index < -0.39 is 15.9 Å². The Hall–Kier alpha value is -3.98. The number of rotatable bonds is 8. The van der Waals surface area contributed by atoms with Gasteiger partial charge in [0.2, 0.25) is 0 Å². The molecule has 35 heavy (non-hydrogen) atoms. The smallest absolute Gasteiger partial charge is 0.276 e. The lowest BCUT2D eigenvalue weighted by atomic mass is 10.1. The first-order valence-electron chi connectivity index (χ1n) is 11.3. The van der Waals surface area contributed by atoms with E-state index in [0.717, 1.165) is 12.8 Å². The maximum Gasteiger partial charge on any atom is 0.276 e. The molecule has 9 heteroatoms. The van der Waals surface area contributed by atoms with Gasteiger partial charge in [-0.15, -0.1) is 0 Å². The molecular weight excluding hydrogens is 464 g/mol. The number of sulfonamides is 1. The normalized spacial score (nSPS) is 11.4.